The molecule has 0 spiro atoms. The van der Waals surface area contributed by atoms with Crippen molar-refractivity contribution in [2.24, 2.45) is 0 Å². The van der Waals surface area contributed by atoms with Gasteiger partial charge in [0.05, 0.1) is 11.3 Å². The third-order valence-corrected chi connectivity index (χ3v) is 4.58. The molecular weight excluding hydrogens is 354 g/mol. The minimum absolute atomic E-state index is 0.180. The largest absolute Gasteiger partial charge is 0.454 e. The molecule has 1 aliphatic rings. The first-order valence-corrected chi connectivity index (χ1v) is 9.19. The van der Waals surface area contributed by atoms with E-state index in [1.54, 1.807) is 18.5 Å². The molecule has 2 N–H and O–H groups in total. The number of rotatable bonds is 6. The normalized spacial score (nSPS) is 11.9. The molecule has 1 aliphatic heterocycles. The van der Waals surface area contributed by atoms with Gasteiger partial charge in [-0.05, 0) is 41.8 Å². The number of anilines is 2. The van der Waals surface area contributed by atoms with E-state index in [9.17, 15) is 4.79 Å². The molecule has 142 valence electrons. The number of hydrogen-bond donors (Lipinski definition) is 2. The second-order valence-corrected chi connectivity index (χ2v) is 6.47. The average molecular weight is 375 g/mol. The Labute approximate surface area is 163 Å². The maximum absolute atomic E-state index is 12.6. The molecule has 1 amide bonds. The van der Waals surface area contributed by atoms with Crippen molar-refractivity contribution in [1.82, 2.24) is 4.98 Å². The van der Waals surface area contributed by atoms with E-state index in [-0.39, 0.29) is 12.7 Å². The zero-order valence-electron chi connectivity index (χ0n) is 15.6. The van der Waals surface area contributed by atoms with Gasteiger partial charge in [-0.25, -0.2) is 0 Å². The van der Waals surface area contributed by atoms with Crippen LogP contribution < -0.4 is 20.1 Å². The van der Waals surface area contributed by atoms with Crippen LogP contribution in [-0.2, 0) is 13.0 Å². The summed E-state index contributed by atoms with van der Waals surface area (Å²) in [5.41, 5.74) is 4.25. The molecule has 0 unspecified atom stereocenters. The Morgan fingerprint density at radius 1 is 1.07 bits per heavy atom. The fraction of sp³-hybridized carbons (Fsp3) is 0.182. The van der Waals surface area contributed by atoms with Crippen LogP contribution in [0.25, 0.3) is 0 Å². The molecular formula is C22H21N3O3. The monoisotopic (exact) mass is 375 g/mol. The van der Waals surface area contributed by atoms with Crippen molar-refractivity contribution in [3.63, 3.8) is 0 Å². The van der Waals surface area contributed by atoms with Gasteiger partial charge < -0.3 is 20.1 Å². The van der Waals surface area contributed by atoms with Gasteiger partial charge in [-0.1, -0.05) is 31.2 Å². The van der Waals surface area contributed by atoms with Crippen LogP contribution in [0, 0.1) is 0 Å². The molecule has 0 aliphatic carbocycles. The lowest BCUT2D eigenvalue weighted by Crippen LogP contribution is -2.14. The van der Waals surface area contributed by atoms with E-state index in [0.717, 1.165) is 40.4 Å². The number of carbonyl (C=O) groups excluding carboxylic acids is 1. The van der Waals surface area contributed by atoms with E-state index in [4.69, 9.17) is 9.47 Å². The summed E-state index contributed by atoms with van der Waals surface area (Å²) in [5.74, 6) is 1.33. The molecule has 1 aromatic heterocycles. The molecule has 2 aromatic carbocycles. The summed E-state index contributed by atoms with van der Waals surface area (Å²) in [4.78, 5) is 16.8. The quantitative estimate of drug-likeness (QED) is 0.674. The van der Waals surface area contributed by atoms with E-state index < -0.39 is 0 Å². The van der Waals surface area contributed by atoms with Crippen molar-refractivity contribution >= 4 is 17.3 Å². The van der Waals surface area contributed by atoms with E-state index in [1.807, 2.05) is 42.5 Å². The van der Waals surface area contributed by atoms with Crippen LogP contribution in [0.1, 0.15) is 28.4 Å². The Kier molecular flexibility index (Phi) is 5.10. The van der Waals surface area contributed by atoms with Gasteiger partial charge in [0.15, 0.2) is 11.5 Å². The first kappa shape index (κ1) is 17.9. The van der Waals surface area contributed by atoms with Crippen LogP contribution in [0.15, 0.2) is 60.9 Å². The molecule has 2 heterocycles. The number of nitrogens with one attached hydrogen (secondary N) is 2. The number of fused-ring (bicyclic) bond motifs is 1. The topological polar surface area (TPSA) is 72.5 Å². The van der Waals surface area contributed by atoms with Crippen LogP contribution in [0.5, 0.6) is 11.5 Å². The van der Waals surface area contributed by atoms with Crippen LogP contribution in [0.2, 0.25) is 0 Å². The molecule has 0 saturated heterocycles. The molecule has 4 rings (SSSR count). The van der Waals surface area contributed by atoms with Crippen molar-refractivity contribution in [3.8, 4) is 11.5 Å². The van der Waals surface area contributed by atoms with Gasteiger partial charge in [0, 0.05) is 24.6 Å². The van der Waals surface area contributed by atoms with Gasteiger partial charge in [0.1, 0.15) is 0 Å². The lowest BCUT2D eigenvalue weighted by molar-refractivity contribution is 0.102. The number of ether oxygens (including phenoxy) is 2. The van der Waals surface area contributed by atoms with Crippen LogP contribution in [0.3, 0.4) is 0 Å². The standard InChI is InChI=1S/C22H21N3O3/c1-2-16-5-3-4-6-19(16)25-22(26)17-10-18(13-23-12-17)24-11-15-7-8-20-21(9-15)28-14-27-20/h3-10,12-13,24H,2,11,14H2,1H3,(H,25,26). The van der Waals surface area contributed by atoms with Gasteiger partial charge in [0.25, 0.3) is 5.91 Å². The highest BCUT2D eigenvalue weighted by atomic mass is 16.7. The molecule has 0 radical (unpaired) electrons. The number of amides is 1. The number of aryl methyl sites for hydroxylation is 1. The number of benzene rings is 2. The van der Waals surface area contributed by atoms with Crippen molar-refractivity contribution < 1.29 is 14.3 Å². The van der Waals surface area contributed by atoms with Gasteiger partial charge in [0.2, 0.25) is 6.79 Å². The van der Waals surface area contributed by atoms with E-state index >= 15 is 0 Å². The Bertz CT molecular complexity index is 1000. The van der Waals surface area contributed by atoms with Gasteiger partial charge >= 0.3 is 0 Å². The zero-order chi connectivity index (χ0) is 19.3. The van der Waals surface area contributed by atoms with Gasteiger partial charge in [-0.2, -0.15) is 0 Å². The van der Waals surface area contributed by atoms with Gasteiger partial charge in [-0.3, -0.25) is 9.78 Å². The molecule has 0 bridgehead atoms. The Hall–Kier alpha value is -3.54. The number of carbonyl (C=O) groups is 1. The summed E-state index contributed by atoms with van der Waals surface area (Å²) in [6.45, 7) is 2.91. The maximum atomic E-state index is 12.6. The summed E-state index contributed by atoms with van der Waals surface area (Å²) in [6.07, 6.45) is 4.12. The molecule has 0 fully saturated rings. The number of para-hydroxylation sites is 1. The molecule has 6 nitrogen and oxygen atoms in total. The first-order valence-electron chi connectivity index (χ1n) is 9.19. The fourth-order valence-electron chi connectivity index (χ4n) is 3.06. The SMILES string of the molecule is CCc1ccccc1NC(=O)c1cncc(NCc2ccc3c(c2)OCO3)c1. The smallest absolute Gasteiger partial charge is 0.257 e. The molecule has 3 aromatic rings. The number of hydrogen-bond acceptors (Lipinski definition) is 5. The minimum atomic E-state index is -0.180. The van der Waals surface area contributed by atoms with E-state index in [0.29, 0.717) is 12.1 Å². The predicted octanol–water partition coefficient (Wildman–Crippen LogP) is 4.24. The van der Waals surface area contributed by atoms with E-state index in [2.05, 4.69) is 22.5 Å². The lowest BCUT2D eigenvalue weighted by atomic mass is 10.1. The number of nitrogens with zero attached hydrogens (tertiary/aromatic N) is 1. The highest BCUT2D eigenvalue weighted by Crippen LogP contribution is 2.32. The second-order valence-electron chi connectivity index (χ2n) is 6.47. The van der Waals surface area contributed by atoms with Gasteiger partial charge in [-0.15, -0.1) is 0 Å². The summed E-state index contributed by atoms with van der Waals surface area (Å²) < 4.78 is 10.7. The van der Waals surface area contributed by atoms with Crippen molar-refractivity contribution in [2.45, 2.75) is 19.9 Å². The number of aromatic nitrogens is 1. The number of pyridine rings is 1. The van der Waals surface area contributed by atoms with Crippen LogP contribution >= 0.6 is 0 Å². The zero-order valence-corrected chi connectivity index (χ0v) is 15.6. The van der Waals surface area contributed by atoms with E-state index in [1.165, 1.54) is 0 Å². The summed E-state index contributed by atoms with van der Waals surface area (Å²) in [7, 11) is 0. The molecule has 28 heavy (non-hydrogen) atoms. The predicted molar refractivity (Wildman–Crippen MR) is 108 cm³/mol. The second kappa shape index (κ2) is 8.00. The van der Waals surface area contributed by atoms with Crippen molar-refractivity contribution in [2.75, 3.05) is 17.4 Å². The summed E-state index contributed by atoms with van der Waals surface area (Å²) in [5, 5.41) is 6.26. The average Bonchev–Trinajstić information content (AvgIpc) is 3.21. The third kappa shape index (κ3) is 3.91. The minimum Gasteiger partial charge on any atom is -0.454 e. The van der Waals surface area contributed by atoms with Crippen LogP contribution in [-0.4, -0.2) is 17.7 Å². The lowest BCUT2D eigenvalue weighted by Gasteiger charge is -2.11. The van der Waals surface area contributed by atoms with Crippen molar-refractivity contribution in [1.29, 1.82) is 0 Å². The summed E-state index contributed by atoms with van der Waals surface area (Å²) >= 11 is 0. The maximum Gasteiger partial charge on any atom is 0.257 e. The molecule has 6 heteroatoms. The summed E-state index contributed by atoms with van der Waals surface area (Å²) in [6, 6.07) is 15.4. The third-order valence-electron chi connectivity index (χ3n) is 4.58. The van der Waals surface area contributed by atoms with Crippen LogP contribution in [0.4, 0.5) is 11.4 Å². The Morgan fingerprint density at radius 2 is 1.93 bits per heavy atom. The Balaban J connectivity index is 1.43. The highest BCUT2D eigenvalue weighted by Gasteiger charge is 2.13. The fourth-order valence-corrected chi connectivity index (χ4v) is 3.06. The molecule has 0 atom stereocenters. The Morgan fingerprint density at radius 3 is 2.82 bits per heavy atom. The van der Waals surface area contributed by atoms with Crippen molar-refractivity contribution in [3.05, 3.63) is 77.6 Å². The highest BCUT2D eigenvalue weighted by molar-refractivity contribution is 6.04. The first-order chi connectivity index (χ1) is 13.7. The molecule has 0 saturated carbocycles.